The van der Waals surface area contributed by atoms with E-state index in [0.29, 0.717) is 19.5 Å². The summed E-state index contributed by atoms with van der Waals surface area (Å²) in [6.07, 6.45) is -4.04. The van der Waals surface area contributed by atoms with Gasteiger partial charge in [-0.1, -0.05) is 6.92 Å². The smallest absolute Gasteiger partial charge is 0.390 e. The predicted molar refractivity (Wildman–Crippen MR) is 78.0 cm³/mol. The Hall–Kier alpha value is -1.57. The molecule has 8 heteroatoms. The lowest BCUT2D eigenvalue weighted by Crippen LogP contribution is -2.49. The van der Waals surface area contributed by atoms with Crippen LogP contribution in [0.1, 0.15) is 26.0 Å². The van der Waals surface area contributed by atoms with Crippen LogP contribution in [0.25, 0.3) is 0 Å². The van der Waals surface area contributed by atoms with Gasteiger partial charge in [-0.05, 0) is 13.3 Å². The highest BCUT2D eigenvalue weighted by Crippen LogP contribution is 2.34. The second kappa shape index (κ2) is 5.57. The number of anilines is 2. The zero-order valence-electron chi connectivity index (χ0n) is 13.1. The van der Waals surface area contributed by atoms with Crippen molar-refractivity contribution in [3.8, 4) is 0 Å². The molecule has 0 saturated carbocycles. The Bertz CT molecular complexity index is 545. The van der Waals surface area contributed by atoms with Gasteiger partial charge in [0.05, 0.1) is 5.60 Å². The molecule has 0 aliphatic carbocycles. The summed E-state index contributed by atoms with van der Waals surface area (Å²) in [5.41, 5.74) is -1.76. The monoisotopic (exact) mass is 318 g/mol. The summed E-state index contributed by atoms with van der Waals surface area (Å²) in [6.45, 7) is 4.54. The molecule has 5 nitrogen and oxygen atoms in total. The summed E-state index contributed by atoms with van der Waals surface area (Å²) in [7, 11) is 3.20. The molecule has 22 heavy (non-hydrogen) atoms. The molecule has 1 aromatic rings. The average molecular weight is 318 g/mol. The highest BCUT2D eigenvalue weighted by molar-refractivity contribution is 5.46. The largest absolute Gasteiger partial charge is 0.433 e. The van der Waals surface area contributed by atoms with Crippen LogP contribution in [0.4, 0.5) is 24.9 Å². The summed E-state index contributed by atoms with van der Waals surface area (Å²) in [5, 5.41) is 10.2. The Morgan fingerprint density at radius 3 is 2.50 bits per heavy atom. The maximum atomic E-state index is 13.0. The lowest BCUT2D eigenvalue weighted by atomic mass is 9.84. The Morgan fingerprint density at radius 2 is 2.00 bits per heavy atom. The molecule has 1 aliphatic heterocycles. The summed E-state index contributed by atoms with van der Waals surface area (Å²) in [6, 6.07) is 0.972. The molecule has 0 amide bonds. The number of aromatic nitrogens is 2. The first-order chi connectivity index (χ1) is 10.0. The van der Waals surface area contributed by atoms with Crippen LogP contribution in [0.3, 0.4) is 0 Å². The van der Waals surface area contributed by atoms with E-state index in [1.54, 1.807) is 25.9 Å². The van der Waals surface area contributed by atoms with Crippen molar-refractivity contribution in [3.05, 3.63) is 11.8 Å². The first kappa shape index (κ1) is 16.8. The van der Waals surface area contributed by atoms with Crippen molar-refractivity contribution in [1.82, 2.24) is 9.97 Å². The first-order valence-corrected chi connectivity index (χ1v) is 7.11. The standard InChI is InChI=1S/C14H21F3N4O/c1-9-8-21(6-5-13(9,2)22)11-7-10(14(15,16)17)18-12(19-11)20(3)4/h7,9,22H,5-6,8H2,1-4H3/t9-,13+/m1/s1. The van der Waals surface area contributed by atoms with Crippen molar-refractivity contribution in [3.63, 3.8) is 0 Å². The third kappa shape index (κ3) is 3.43. The van der Waals surface area contributed by atoms with Gasteiger partial charge >= 0.3 is 6.18 Å². The topological polar surface area (TPSA) is 52.5 Å². The summed E-state index contributed by atoms with van der Waals surface area (Å²) < 4.78 is 39.0. The van der Waals surface area contributed by atoms with Crippen molar-refractivity contribution in [2.45, 2.75) is 32.0 Å². The van der Waals surface area contributed by atoms with Crippen LogP contribution in [0.2, 0.25) is 0 Å². The zero-order valence-corrected chi connectivity index (χ0v) is 13.1. The Kier molecular flexibility index (Phi) is 4.25. The van der Waals surface area contributed by atoms with E-state index >= 15 is 0 Å². The van der Waals surface area contributed by atoms with Gasteiger partial charge in [0.1, 0.15) is 5.82 Å². The minimum atomic E-state index is -4.52. The van der Waals surface area contributed by atoms with Gasteiger partial charge in [-0.3, -0.25) is 0 Å². The molecule has 1 N–H and O–H groups in total. The van der Waals surface area contributed by atoms with Gasteiger partial charge in [-0.2, -0.15) is 18.2 Å². The van der Waals surface area contributed by atoms with Crippen LogP contribution in [0, 0.1) is 5.92 Å². The van der Waals surface area contributed by atoms with Crippen molar-refractivity contribution in [2.24, 2.45) is 5.92 Å². The van der Waals surface area contributed by atoms with Gasteiger partial charge < -0.3 is 14.9 Å². The molecule has 2 heterocycles. The fourth-order valence-corrected chi connectivity index (χ4v) is 2.36. The third-order valence-corrected chi connectivity index (χ3v) is 4.16. The molecule has 0 unspecified atom stereocenters. The number of rotatable bonds is 2. The summed E-state index contributed by atoms with van der Waals surface area (Å²) in [5.74, 6) is 0.205. The predicted octanol–water partition coefficient (Wildman–Crippen LogP) is 2.16. The molecule has 1 fully saturated rings. The van der Waals surface area contributed by atoms with E-state index in [9.17, 15) is 18.3 Å². The van der Waals surface area contributed by atoms with Crippen LogP contribution in [-0.4, -0.2) is 47.9 Å². The zero-order chi connectivity index (χ0) is 16.7. The molecule has 124 valence electrons. The van der Waals surface area contributed by atoms with Crippen LogP contribution in [0.15, 0.2) is 6.07 Å². The van der Waals surface area contributed by atoms with Crippen LogP contribution >= 0.6 is 0 Å². The van der Waals surface area contributed by atoms with E-state index in [1.807, 2.05) is 6.92 Å². The van der Waals surface area contributed by atoms with Crippen molar-refractivity contribution in [1.29, 1.82) is 0 Å². The second-order valence-electron chi connectivity index (χ2n) is 6.26. The van der Waals surface area contributed by atoms with Gasteiger partial charge in [0.15, 0.2) is 5.69 Å². The molecule has 0 aromatic carbocycles. The van der Waals surface area contributed by atoms with Crippen LogP contribution in [0.5, 0.6) is 0 Å². The SMILES string of the molecule is C[C@@H]1CN(c2cc(C(F)(F)F)nc(N(C)C)n2)CC[C@]1(C)O. The van der Waals surface area contributed by atoms with E-state index in [0.717, 1.165) is 6.07 Å². The molecule has 0 bridgehead atoms. The van der Waals surface area contributed by atoms with E-state index in [2.05, 4.69) is 9.97 Å². The molecule has 0 radical (unpaired) electrons. The molecule has 1 aliphatic rings. The van der Waals surface area contributed by atoms with Crippen molar-refractivity contribution >= 4 is 11.8 Å². The van der Waals surface area contributed by atoms with E-state index in [4.69, 9.17) is 0 Å². The molecule has 2 atom stereocenters. The molecular weight excluding hydrogens is 297 g/mol. The van der Waals surface area contributed by atoms with Gasteiger partial charge in [-0.15, -0.1) is 0 Å². The fourth-order valence-electron chi connectivity index (χ4n) is 2.36. The fraction of sp³-hybridized carbons (Fsp3) is 0.714. The summed E-state index contributed by atoms with van der Waals surface area (Å²) >= 11 is 0. The lowest BCUT2D eigenvalue weighted by molar-refractivity contribution is -0.141. The highest BCUT2D eigenvalue weighted by atomic mass is 19.4. The lowest BCUT2D eigenvalue weighted by Gasteiger charge is -2.41. The minimum Gasteiger partial charge on any atom is -0.390 e. The maximum absolute atomic E-state index is 13.0. The third-order valence-electron chi connectivity index (χ3n) is 4.16. The molecule has 2 rings (SSSR count). The maximum Gasteiger partial charge on any atom is 0.433 e. The Balaban J connectivity index is 2.37. The number of halogens is 3. The minimum absolute atomic E-state index is 0.0230. The summed E-state index contributed by atoms with van der Waals surface area (Å²) in [4.78, 5) is 11.0. The molecule has 1 saturated heterocycles. The normalized spacial score (nSPS) is 26.2. The quantitative estimate of drug-likeness (QED) is 0.905. The number of piperidine rings is 1. The number of alkyl halides is 3. The number of nitrogens with zero attached hydrogens (tertiary/aromatic N) is 4. The van der Waals surface area contributed by atoms with Crippen molar-refractivity contribution in [2.75, 3.05) is 37.0 Å². The number of aliphatic hydroxyl groups is 1. The number of hydrogen-bond acceptors (Lipinski definition) is 5. The van der Waals surface area contributed by atoms with Crippen molar-refractivity contribution < 1.29 is 18.3 Å². The molecule has 0 spiro atoms. The van der Waals surface area contributed by atoms with E-state index < -0.39 is 17.5 Å². The van der Waals surface area contributed by atoms with E-state index in [-0.39, 0.29) is 17.7 Å². The molecule has 1 aromatic heterocycles. The van der Waals surface area contributed by atoms with Crippen LogP contribution < -0.4 is 9.80 Å². The van der Waals surface area contributed by atoms with E-state index in [1.165, 1.54) is 4.90 Å². The number of hydrogen-bond donors (Lipinski definition) is 1. The van der Waals surface area contributed by atoms with Gasteiger partial charge in [-0.25, -0.2) is 4.98 Å². The molecular formula is C14H21F3N4O. The van der Waals surface area contributed by atoms with Gasteiger partial charge in [0.2, 0.25) is 5.95 Å². The van der Waals surface area contributed by atoms with Gasteiger partial charge in [0.25, 0.3) is 0 Å². The second-order valence-corrected chi connectivity index (χ2v) is 6.26. The first-order valence-electron chi connectivity index (χ1n) is 7.11. The Labute approximate surface area is 127 Å². The van der Waals surface area contributed by atoms with Crippen LogP contribution in [-0.2, 0) is 6.18 Å². The average Bonchev–Trinajstić information content (AvgIpc) is 2.40. The highest BCUT2D eigenvalue weighted by Gasteiger charge is 2.37. The Morgan fingerprint density at radius 1 is 1.36 bits per heavy atom. The van der Waals surface area contributed by atoms with Gasteiger partial charge in [0, 0.05) is 39.2 Å².